The minimum atomic E-state index is -4.47. The summed E-state index contributed by atoms with van der Waals surface area (Å²) < 4.78 is 49.3. The lowest BCUT2D eigenvalue weighted by Crippen LogP contribution is -2.61. The molecule has 3 aliphatic rings. The number of carbonyl (C=O) groups excluding carboxylic acids is 2. The topological polar surface area (TPSA) is 59.1 Å². The monoisotopic (exact) mass is 432 g/mol. The minimum absolute atomic E-state index is 0.0334. The summed E-state index contributed by atoms with van der Waals surface area (Å²) in [5.74, 6) is 0.259. The van der Waals surface area contributed by atoms with Crippen LogP contribution in [0.1, 0.15) is 18.4 Å². The van der Waals surface area contributed by atoms with Gasteiger partial charge < -0.3 is 19.3 Å². The highest BCUT2D eigenvalue weighted by atomic mass is 35.5. The fourth-order valence-corrected chi connectivity index (χ4v) is 4.20. The van der Waals surface area contributed by atoms with Gasteiger partial charge >= 0.3 is 12.2 Å². The van der Waals surface area contributed by atoms with E-state index in [1.165, 1.54) is 6.07 Å². The van der Waals surface area contributed by atoms with Crippen molar-refractivity contribution in [1.82, 2.24) is 9.80 Å². The van der Waals surface area contributed by atoms with Crippen molar-refractivity contribution >= 4 is 23.4 Å². The van der Waals surface area contributed by atoms with Gasteiger partial charge in [0.25, 0.3) is 0 Å². The van der Waals surface area contributed by atoms with Crippen molar-refractivity contribution in [2.24, 2.45) is 5.92 Å². The van der Waals surface area contributed by atoms with Crippen molar-refractivity contribution in [2.45, 2.75) is 31.2 Å². The number of hydrogen-bond donors (Lipinski definition) is 0. The molecule has 0 N–H and O–H groups in total. The third kappa shape index (κ3) is 4.30. The largest absolute Gasteiger partial charge is 0.485 e. The quantitative estimate of drug-likeness (QED) is 0.720. The van der Waals surface area contributed by atoms with Crippen LogP contribution in [-0.2, 0) is 15.7 Å². The van der Waals surface area contributed by atoms with Gasteiger partial charge in [-0.3, -0.25) is 4.79 Å². The predicted octanol–water partition coefficient (Wildman–Crippen LogP) is 3.22. The van der Waals surface area contributed by atoms with E-state index in [1.54, 1.807) is 9.80 Å². The molecule has 2 atom stereocenters. The number of amides is 2. The van der Waals surface area contributed by atoms with Gasteiger partial charge in [-0.1, -0.05) is 11.6 Å². The number of likely N-dealkylation sites (tertiary alicyclic amines) is 2. The molecule has 4 rings (SSSR count). The van der Waals surface area contributed by atoms with Gasteiger partial charge in [0, 0.05) is 25.4 Å². The zero-order valence-corrected chi connectivity index (χ0v) is 16.2. The number of fused-ring (bicyclic) bond motifs is 1. The molecule has 3 aliphatic heterocycles. The number of rotatable bonds is 2. The van der Waals surface area contributed by atoms with E-state index < -0.39 is 11.7 Å². The maximum atomic E-state index is 12.7. The molecule has 3 saturated heterocycles. The average Bonchev–Trinajstić information content (AvgIpc) is 2.63. The second-order valence-corrected chi connectivity index (χ2v) is 8.06. The third-order valence-electron chi connectivity index (χ3n) is 5.55. The van der Waals surface area contributed by atoms with Crippen molar-refractivity contribution in [1.29, 1.82) is 0 Å². The second-order valence-electron chi connectivity index (χ2n) is 7.66. The summed E-state index contributed by atoms with van der Waals surface area (Å²) in [4.78, 5) is 27.6. The molecule has 0 aliphatic carbocycles. The van der Waals surface area contributed by atoms with Gasteiger partial charge in [0.15, 0.2) is 5.78 Å². The number of ether oxygens (including phenoxy) is 2. The van der Waals surface area contributed by atoms with Crippen LogP contribution in [0.4, 0.5) is 18.0 Å². The van der Waals surface area contributed by atoms with Crippen LogP contribution in [0.5, 0.6) is 5.75 Å². The third-order valence-corrected chi connectivity index (χ3v) is 5.85. The standard InChI is InChI=1S/C19H20ClF3N2O4/c20-15-6-12(19(21,22)23)1-2-17(15)29-14-8-25(9-14)18(27)24-4-3-16-11(7-24)5-13(26)10-28-16/h1-2,6,11,14,16H,3-5,7-10H2/t11-,16+/m1/s1. The van der Waals surface area contributed by atoms with E-state index in [9.17, 15) is 22.8 Å². The summed E-state index contributed by atoms with van der Waals surface area (Å²) in [7, 11) is 0. The number of Topliss-reactive ketones (excluding diaryl/α,β-unsaturated/α-hetero) is 1. The van der Waals surface area contributed by atoms with Crippen LogP contribution in [0.25, 0.3) is 0 Å². The van der Waals surface area contributed by atoms with Gasteiger partial charge in [0.05, 0.1) is 29.8 Å². The maximum Gasteiger partial charge on any atom is 0.416 e. The van der Waals surface area contributed by atoms with Crippen molar-refractivity contribution < 1.29 is 32.2 Å². The smallest absolute Gasteiger partial charge is 0.416 e. The zero-order chi connectivity index (χ0) is 20.8. The van der Waals surface area contributed by atoms with E-state index in [2.05, 4.69) is 0 Å². The molecule has 0 unspecified atom stereocenters. The van der Waals surface area contributed by atoms with Crippen molar-refractivity contribution in [3.8, 4) is 5.75 Å². The molecule has 3 fully saturated rings. The Labute approximate surface area is 170 Å². The van der Waals surface area contributed by atoms with E-state index in [0.29, 0.717) is 39.0 Å². The molecule has 0 radical (unpaired) electrons. The number of ketones is 1. The lowest BCUT2D eigenvalue weighted by atomic mass is 9.88. The molecule has 0 spiro atoms. The number of urea groups is 1. The van der Waals surface area contributed by atoms with Crippen LogP contribution >= 0.6 is 11.6 Å². The summed E-state index contributed by atoms with van der Waals surface area (Å²) in [6.45, 7) is 1.88. The molecule has 1 aromatic carbocycles. The Kier molecular flexibility index (Phi) is 5.37. The number of alkyl halides is 3. The summed E-state index contributed by atoms with van der Waals surface area (Å²) >= 11 is 5.90. The SMILES string of the molecule is O=C1CO[C@H]2CCN(C(=O)N3CC(Oc4ccc(C(F)(F)F)cc4Cl)C3)C[C@H]2C1. The van der Waals surface area contributed by atoms with Gasteiger partial charge in [-0.05, 0) is 24.6 Å². The van der Waals surface area contributed by atoms with E-state index in [0.717, 1.165) is 12.1 Å². The first-order valence-corrected chi connectivity index (χ1v) is 9.79. The van der Waals surface area contributed by atoms with Gasteiger partial charge in [0.1, 0.15) is 18.5 Å². The number of carbonyl (C=O) groups is 2. The van der Waals surface area contributed by atoms with Crippen LogP contribution in [-0.4, -0.2) is 66.6 Å². The predicted molar refractivity (Wildman–Crippen MR) is 96.9 cm³/mol. The van der Waals surface area contributed by atoms with Crippen LogP contribution in [0.3, 0.4) is 0 Å². The zero-order valence-electron chi connectivity index (χ0n) is 15.5. The second kappa shape index (κ2) is 7.68. The van der Waals surface area contributed by atoms with Gasteiger partial charge in [-0.15, -0.1) is 0 Å². The molecule has 0 bridgehead atoms. The molecule has 0 aromatic heterocycles. The fraction of sp³-hybridized carbons (Fsp3) is 0.579. The fourth-order valence-electron chi connectivity index (χ4n) is 3.97. The lowest BCUT2D eigenvalue weighted by Gasteiger charge is -2.45. The number of hydrogen-bond acceptors (Lipinski definition) is 4. The van der Waals surface area contributed by atoms with Crippen LogP contribution in [0, 0.1) is 5.92 Å². The molecule has 10 heteroatoms. The Balaban J connectivity index is 1.29. The van der Waals surface area contributed by atoms with Gasteiger partial charge in [-0.2, -0.15) is 13.2 Å². The molecular weight excluding hydrogens is 413 g/mol. The Morgan fingerprint density at radius 2 is 1.97 bits per heavy atom. The van der Waals surface area contributed by atoms with Crippen molar-refractivity contribution in [3.63, 3.8) is 0 Å². The van der Waals surface area contributed by atoms with Crippen LogP contribution in [0.2, 0.25) is 5.02 Å². The number of nitrogens with zero attached hydrogens (tertiary/aromatic N) is 2. The molecular formula is C19H20ClF3N2O4. The van der Waals surface area contributed by atoms with Crippen molar-refractivity contribution in [3.05, 3.63) is 28.8 Å². The van der Waals surface area contributed by atoms with Crippen LogP contribution in [0.15, 0.2) is 18.2 Å². The van der Waals surface area contributed by atoms with Gasteiger partial charge in [-0.25, -0.2) is 4.79 Å². The first-order chi connectivity index (χ1) is 13.7. The Hall–Kier alpha value is -2.00. The molecule has 0 saturated carbocycles. The highest BCUT2D eigenvalue weighted by Crippen LogP contribution is 2.36. The van der Waals surface area contributed by atoms with Gasteiger partial charge in [0.2, 0.25) is 0 Å². The number of piperidine rings is 1. The molecule has 2 amide bonds. The number of halogens is 4. The molecule has 158 valence electrons. The summed E-state index contributed by atoms with van der Waals surface area (Å²) in [6, 6.07) is 2.82. The highest BCUT2D eigenvalue weighted by molar-refractivity contribution is 6.32. The van der Waals surface area contributed by atoms with E-state index >= 15 is 0 Å². The first-order valence-electron chi connectivity index (χ1n) is 9.41. The molecule has 3 heterocycles. The lowest BCUT2D eigenvalue weighted by molar-refractivity contribution is -0.140. The Morgan fingerprint density at radius 3 is 2.66 bits per heavy atom. The summed E-state index contributed by atoms with van der Waals surface area (Å²) in [5.41, 5.74) is -0.839. The van der Waals surface area contributed by atoms with Crippen molar-refractivity contribution in [2.75, 3.05) is 32.8 Å². The van der Waals surface area contributed by atoms with Crippen LogP contribution < -0.4 is 4.74 Å². The molecule has 6 nitrogen and oxygen atoms in total. The minimum Gasteiger partial charge on any atom is -0.485 e. The normalized spacial score (nSPS) is 25.4. The van der Waals surface area contributed by atoms with E-state index in [4.69, 9.17) is 21.1 Å². The maximum absolute atomic E-state index is 12.7. The van der Waals surface area contributed by atoms with E-state index in [-0.39, 0.29) is 47.3 Å². The summed E-state index contributed by atoms with van der Waals surface area (Å²) in [5, 5.41) is -0.117. The Bertz CT molecular complexity index is 813. The average molecular weight is 433 g/mol. The van der Waals surface area contributed by atoms with E-state index in [1.807, 2.05) is 0 Å². The molecule has 1 aromatic rings. The first kappa shape index (κ1) is 20.3. The summed E-state index contributed by atoms with van der Waals surface area (Å²) in [6.07, 6.45) is -3.62. The molecule has 29 heavy (non-hydrogen) atoms. The number of benzene rings is 1. The highest BCUT2D eigenvalue weighted by Gasteiger charge is 2.41. The Morgan fingerprint density at radius 1 is 1.21 bits per heavy atom.